The van der Waals surface area contributed by atoms with Crippen LogP contribution in [0.2, 0.25) is 0 Å². The van der Waals surface area contributed by atoms with Gasteiger partial charge in [0.25, 0.3) is 0 Å². The van der Waals surface area contributed by atoms with Gasteiger partial charge in [0.2, 0.25) is 0 Å². The second kappa shape index (κ2) is 15.4. The van der Waals surface area contributed by atoms with Gasteiger partial charge in [0.1, 0.15) is 0 Å². The molecule has 0 saturated heterocycles. The van der Waals surface area contributed by atoms with Gasteiger partial charge in [-0.2, -0.15) is 0 Å². The molecular weight excluding hydrogens is 747 g/mol. The smallest absolute Gasteiger partial charge is 0.0546 e. The summed E-state index contributed by atoms with van der Waals surface area (Å²) < 4.78 is 0. The van der Waals surface area contributed by atoms with E-state index in [4.69, 9.17) is 0 Å². The van der Waals surface area contributed by atoms with Crippen molar-refractivity contribution in [1.82, 2.24) is 0 Å². The molecule has 0 heterocycles. The van der Waals surface area contributed by atoms with Gasteiger partial charge >= 0.3 is 0 Å². The van der Waals surface area contributed by atoms with E-state index in [9.17, 15) is 0 Å². The Balaban J connectivity index is 1.08. The maximum absolute atomic E-state index is 2.48. The van der Waals surface area contributed by atoms with E-state index < -0.39 is 0 Å². The molecule has 0 aromatic heterocycles. The average Bonchev–Trinajstić information content (AvgIpc) is 3.57. The summed E-state index contributed by atoms with van der Waals surface area (Å²) in [5.74, 6) is 0. The molecule has 0 unspecified atom stereocenters. The molecule has 1 nitrogen and oxygen atoms in total. The predicted octanol–water partition coefficient (Wildman–Crippen LogP) is 17.0. The van der Waals surface area contributed by atoms with Gasteiger partial charge in [-0.25, -0.2) is 0 Å². The molecular formula is C61H45N. The summed E-state index contributed by atoms with van der Waals surface area (Å²) in [5, 5.41) is 2.52. The minimum atomic E-state index is -0.148. The van der Waals surface area contributed by atoms with Crippen LogP contribution in [0.4, 0.5) is 17.1 Å². The molecule has 0 atom stereocenters. The summed E-state index contributed by atoms with van der Waals surface area (Å²) in [6.07, 6.45) is 0. The van der Waals surface area contributed by atoms with Gasteiger partial charge in [0, 0.05) is 22.4 Å². The minimum absolute atomic E-state index is 0.148. The molecule has 294 valence electrons. The minimum Gasteiger partial charge on any atom is -0.310 e. The number of fused-ring (bicyclic) bond motifs is 4. The van der Waals surface area contributed by atoms with Crippen LogP contribution in [0.1, 0.15) is 25.0 Å². The van der Waals surface area contributed by atoms with E-state index in [1.165, 1.54) is 88.7 Å². The molecule has 0 fully saturated rings. The van der Waals surface area contributed by atoms with E-state index in [2.05, 4.69) is 255 Å². The number of hydrogen-bond acceptors (Lipinski definition) is 1. The van der Waals surface area contributed by atoms with Gasteiger partial charge in [0.15, 0.2) is 0 Å². The Hall–Kier alpha value is -7.74. The summed E-state index contributed by atoms with van der Waals surface area (Å²) in [6.45, 7) is 4.73. The lowest BCUT2D eigenvalue weighted by Crippen LogP contribution is -2.17. The van der Waals surface area contributed by atoms with Gasteiger partial charge in [0.05, 0.1) is 5.69 Å². The Morgan fingerprint density at radius 3 is 1.50 bits per heavy atom. The highest BCUT2D eigenvalue weighted by Gasteiger charge is 2.36. The van der Waals surface area contributed by atoms with Crippen LogP contribution >= 0.6 is 0 Å². The topological polar surface area (TPSA) is 3.24 Å². The van der Waals surface area contributed by atoms with E-state index in [0.717, 1.165) is 17.1 Å². The third kappa shape index (κ3) is 6.51. The zero-order valence-electron chi connectivity index (χ0n) is 35.0. The van der Waals surface area contributed by atoms with Crippen LogP contribution in [0.5, 0.6) is 0 Å². The molecule has 0 bridgehead atoms. The Kier molecular flexibility index (Phi) is 9.24. The normalized spacial score (nSPS) is 12.5. The highest BCUT2D eigenvalue weighted by molar-refractivity contribution is 6.01. The lowest BCUT2D eigenvalue weighted by molar-refractivity contribution is 0.660. The van der Waals surface area contributed by atoms with Crippen molar-refractivity contribution in [3.8, 4) is 66.8 Å². The molecule has 0 radical (unpaired) electrons. The summed E-state index contributed by atoms with van der Waals surface area (Å²) in [4.78, 5) is 2.48. The third-order valence-corrected chi connectivity index (χ3v) is 12.9. The third-order valence-electron chi connectivity index (χ3n) is 12.9. The summed E-state index contributed by atoms with van der Waals surface area (Å²) in [6, 6.07) is 86.7. The monoisotopic (exact) mass is 791 g/mol. The van der Waals surface area contributed by atoms with Gasteiger partial charge in [-0.05, 0) is 119 Å². The number of rotatable bonds is 8. The van der Waals surface area contributed by atoms with Crippen molar-refractivity contribution >= 4 is 27.8 Å². The molecule has 0 amide bonds. The van der Waals surface area contributed by atoms with Crippen molar-refractivity contribution < 1.29 is 0 Å². The fourth-order valence-electron chi connectivity index (χ4n) is 9.72. The van der Waals surface area contributed by atoms with Crippen LogP contribution in [0, 0.1) is 0 Å². The zero-order valence-corrected chi connectivity index (χ0v) is 35.0. The van der Waals surface area contributed by atoms with Crippen molar-refractivity contribution in [2.45, 2.75) is 19.3 Å². The first-order valence-electron chi connectivity index (χ1n) is 21.6. The molecule has 10 aromatic carbocycles. The summed E-state index contributed by atoms with van der Waals surface area (Å²) >= 11 is 0. The molecule has 62 heavy (non-hydrogen) atoms. The average molecular weight is 792 g/mol. The Morgan fingerprint density at radius 2 is 0.790 bits per heavy atom. The van der Waals surface area contributed by atoms with Gasteiger partial charge in [-0.3, -0.25) is 0 Å². The van der Waals surface area contributed by atoms with Gasteiger partial charge < -0.3 is 4.90 Å². The lowest BCUT2D eigenvalue weighted by atomic mass is 9.82. The summed E-state index contributed by atoms with van der Waals surface area (Å²) in [5.41, 5.74) is 20.5. The molecule has 0 spiro atoms. The fourth-order valence-corrected chi connectivity index (χ4v) is 9.72. The molecule has 0 aliphatic heterocycles. The first-order valence-corrected chi connectivity index (χ1v) is 21.6. The van der Waals surface area contributed by atoms with Crippen molar-refractivity contribution in [1.29, 1.82) is 0 Å². The number of nitrogens with zero attached hydrogens (tertiary/aromatic N) is 1. The SMILES string of the molecule is CC1(C)c2ccccc2-c2ccc(N(c3ccc(-c4ccc(-c5ccc6ccccc6c5)cc4)cc3)c3cccc(-c4ccccc4)c3-c3ccccc3-c3ccccc3)cc21. The van der Waals surface area contributed by atoms with E-state index in [1.54, 1.807) is 0 Å². The Labute approximate surface area is 364 Å². The second-order valence-corrected chi connectivity index (χ2v) is 16.9. The highest BCUT2D eigenvalue weighted by atomic mass is 15.1. The molecule has 0 saturated carbocycles. The van der Waals surface area contributed by atoms with Crippen LogP contribution in [-0.2, 0) is 5.41 Å². The van der Waals surface area contributed by atoms with Crippen LogP contribution in [-0.4, -0.2) is 0 Å². The van der Waals surface area contributed by atoms with Crippen molar-refractivity contribution in [2.75, 3.05) is 4.90 Å². The lowest BCUT2D eigenvalue weighted by Gasteiger charge is -2.31. The highest BCUT2D eigenvalue weighted by Crippen LogP contribution is 2.52. The van der Waals surface area contributed by atoms with Crippen molar-refractivity contribution in [3.63, 3.8) is 0 Å². The Bertz CT molecular complexity index is 3230. The quantitative estimate of drug-likeness (QED) is 0.148. The van der Waals surface area contributed by atoms with Gasteiger partial charge in [-0.1, -0.05) is 214 Å². The van der Waals surface area contributed by atoms with Crippen LogP contribution in [0.25, 0.3) is 77.5 Å². The predicted molar refractivity (Wildman–Crippen MR) is 263 cm³/mol. The second-order valence-electron chi connectivity index (χ2n) is 16.9. The molecule has 11 rings (SSSR count). The van der Waals surface area contributed by atoms with E-state index in [-0.39, 0.29) is 5.41 Å². The molecule has 1 aliphatic rings. The van der Waals surface area contributed by atoms with Crippen molar-refractivity contribution in [2.24, 2.45) is 0 Å². The number of benzene rings is 10. The Morgan fingerprint density at radius 1 is 0.290 bits per heavy atom. The first kappa shape index (κ1) is 37.3. The van der Waals surface area contributed by atoms with E-state index in [1.807, 2.05) is 0 Å². The van der Waals surface area contributed by atoms with Crippen molar-refractivity contribution in [3.05, 3.63) is 248 Å². The fraction of sp³-hybridized carbons (Fsp3) is 0.0492. The largest absolute Gasteiger partial charge is 0.310 e. The molecule has 1 aliphatic carbocycles. The molecule has 1 heteroatoms. The van der Waals surface area contributed by atoms with Crippen LogP contribution in [0.3, 0.4) is 0 Å². The standard InChI is InChI=1S/C61H45N/c1-61(2)57-26-14-13-23-54(57)55-39-38-51(41-58(55)61)62(50-36-34-44(35-37-50)43-28-30-45(31-29-43)49-33-32-42-16-9-10-21-48(42)40-49)59-27-15-25-53(47-19-7-4-8-20-47)60(59)56-24-12-11-22-52(56)46-17-5-3-6-18-46/h3-41H,1-2H3. The number of hydrogen-bond donors (Lipinski definition) is 0. The van der Waals surface area contributed by atoms with E-state index in [0.29, 0.717) is 0 Å². The number of anilines is 3. The van der Waals surface area contributed by atoms with Crippen LogP contribution < -0.4 is 4.90 Å². The maximum atomic E-state index is 2.48. The maximum Gasteiger partial charge on any atom is 0.0546 e. The first-order chi connectivity index (χ1) is 30.5. The van der Waals surface area contributed by atoms with Crippen LogP contribution in [0.15, 0.2) is 237 Å². The molecule has 0 N–H and O–H groups in total. The summed E-state index contributed by atoms with van der Waals surface area (Å²) in [7, 11) is 0. The van der Waals surface area contributed by atoms with E-state index >= 15 is 0 Å². The molecule has 10 aromatic rings. The van der Waals surface area contributed by atoms with Gasteiger partial charge in [-0.15, -0.1) is 0 Å². The zero-order chi connectivity index (χ0) is 41.6.